The van der Waals surface area contributed by atoms with Gasteiger partial charge in [0.05, 0.1) is 11.1 Å². The summed E-state index contributed by atoms with van der Waals surface area (Å²) in [5.74, 6) is -2.13. The summed E-state index contributed by atoms with van der Waals surface area (Å²) in [6.45, 7) is 0. The highest BCUT2D eigenvalue weighted by molar-refractivity contribution is 5.88. The Bertz CT molecular complexity index is 839. The number of rotatable bonds is 13. The summed E-state index contributed by atoms with van der Waals surface area (Å²) in [5.41, 5.74) is 0.264. The Kier molecular flexibility index (Phi) is 9.90. The van der Waals surface area contributed by atoms with Crippen molar-refractivity contribution >= 4 is 23.9 Å². The molecule has 0 heterocycles. The van der Waals surface area contributed by atoms with Crippen molar-refractivity contribution in [3.63, 3.8) is 0 Å². The van der Waals surface area contributed by atoms with E-state index in [1.807, 2.05) is 0 Å². The molecule has 0 aliphatic rings. The molecule has 0 atom stereocenters. The summed E-state index contributed by atoms with van der Waals surface area (Å²) < 4.78 is 10.4. The number of carbonyl (C=O) groups is 4. The number of carboxylic acid groups (broad SMARTS) is 2. The number of esters is 2. The third-order valence-corrected chi connectivity index (χ3v) is 4.68. The predicted octanol–water partition coefficient (Wildman–Crippen LogP) is 4.71. The number of aromatic carboxylic acids is 2. The average Bonchev–Trinajstić information content (AvgIpc) is 2.76. The van der Waals surface area contributed by atoms with Crippen molar-refractivity contribution in [2.45, 2.75) is 51.4 Å². The third kappa shape index (κ3) is 8.99. The fraction of sp³-hybridized carbons (Fsp3) is 0.333. The van der Waals surface area contributed by atoms with E-state index in [4.69, 9.17) is 19.7 Å². The Balaban J connectivity index is 1.50. The maximum Gasteiger partial charge on any atom is 0.335 e. The summed E-state index contributed by atoms with van der Waals surface area (Å²) in [4.78, 5) is 45.2. The lowest BCUT2D eigenvalue weighted by Gasteiger charge is -2.06. The molecule has 0 saturated heterocycles. The summed E-state index contributed by atoms with van der Waals surface area (Å²) in [5, 5.41) is 17.7. The minimum Gasteiger partial charge on any atom is -0.478 e. The molecule has 2 N–H and O–H groups in total. The van der Waals surface area contributed by atoms with Gasteiger partial charge in [0.1, 0.15) is 11.5 Å². The Morgan fingerprint density at radius 3 is 1.16 bits per heavy atom. The van der Waals surface area contributed by atoms with Gasteiger partial charge in [-0.25, -0.2) is 9.59 Å². The van der Waals surface area contributed by atoms with Crippen LogP contribution in [0.25, 0.3) is 0 Å². The van der Waals surface area contributed by atoms with Crippen molar-refractivity contribution in [3.8, 4) is 11.5 Å². The Morgan fingerprint density at radius 1 is 0.531 bits per heavy atom. The predicted molar refractivity (Wildman–Crippen MR) is 115 cm³/mol. The van der Waals surface area contributed by atoms with Crippen LogP contribution in [-0.4, -0.2) is 34.1 Å². The van der Waals surface area contributed by atoms with Gasteiger partial charge < -0.3 is 19.7 Å². The average molecular weight is 442 g/mol. The van der Waals surface area contributed by atoms with Crippen LogP contribution in [0.2, 0.25) is 0 Å². The molecule has 0 aliphatic carbocycles. The molecule has 0 saturated carbocycles. The van der Waals surface area contributed by atoms with Crippen LogP contribution in [0.4, 0.5) is 0 Å². The first-order valence-electron chi connectivity index (χ1n) is 10.4. The van der Waals surface area contributed by atoms with Crippen molar-refractivity contribution in [2.75, 3.05) is 0 Å². The molecule has 32 heavy (non-hydrogen) atoms. The molecule has 2 aromatic carbocycles. The monoisotopic (exact) mass is 442 g/mol. The molecule has 0 spiro atoms. The largest absolute Gasteiger partial charge is 0.478 e. The molecule has 0 aliphatic heterocycles. The van der Waals surface area contributed by atoms with Gasteiger partial charge in [-0.05, 0) is 61.4 Å². The van der Waals surface area contributed by atoms with Crippen LogP contribution in [0.3, 0.4) is 0 Å². The maximum atomic E-state index is 11.8. The highest BCUT2D eigenvalue weighted by Gasteiger charge is 2.08. The molecule has 0 fully saturated rings. The lowest BCUT2D eigenvalue weighted by atomic mass is 10.1. The van der Waals surface area contributed by atoms with Crippen LogP contribution < -0.4 is 9.47 Å². The molecular weight excluding hydrogens is 416 g/mol. The number of hydrogen-bond acceptors (Lipinski definition) is 6. The van der Waals surface area contributed by atoms with Crippen LogP contribution in [0, 0.1) is 0 Å². The second-order valence-corrected chi connectivity index (χ2v) is 7.23. The first kappa shape index (κ1) is 24.6. The lowest BCUT2D eigenvalue weighted by Crippen LogP contribution is -2.08. The Labute approximate surface area is 185 Å². The third-order valence-electron chi connectivity index (χ3n) is 4.68. The Morgan fingerprint density at radius 2 is 0.844 bits per heavy atom. The van der Waals surface area contributed by atoms with E-state index in [2.05, 4.69) is 0 Å². The number of carbonyl (C=O) groups excluding carboxylic acids is 2. The SMILES string of the molecule is O=C(CCCCCCCCC(=O)Oc1ccc(C(=O)O)cc1)Oc1ccc(C(=O)O)cc1. The number of hydrogen-bond donors (Lipinski definition) is 2. The number of unbranched alkanes of at least 4 members (excludes halogenated alkanes) is 5. The second-order valence-electron chi connectivity index (χ2n) is 7.23. The molecule has 2 rings (SSSR count). The summed E-state index contributed by atoms with van der Waals surface area (Å²) in [6, 6.07) is 11.4. The standard InChI is InChI=1S/C24H26O8/c25-21(31-19-13-9-17(10-14-19)23(27)28)7-5-3-1-2-4-6-8-22(26)32-20-15-11-18(12-16-20)24(29)30/h9-16H,1-8H2,(H,27,28)(H,29,30). The van der Waals surface area contributed by atoms with E-state index in [9.17, 15) is 19.2 Å². The van der Waals surface area contributed by atoms with Crippen molar-refractivity contribution in [1.82, 2.24) is 0 Å². The van der Waals surface area contributed by atoms with E-state index < -0.39 is 11.9 Å². The van der Waals surface area contributed by atoms with Gasteiger partial charge in [-0.1, -0.05) is 25.7 Å². The van der Waals surface area contributed by atoms with Crippen LogP contribution in [0.1, 0.15) is 72.1 Å². The van der Waals surface area contributed by atoms with Gasteiger partial charge in [0.2, 0.25) is 0 Å². The van der Waals surface area contributed by atoms with Gasteiger partial charge in [0.15, 0.2) is 0 Å². The van der Waals surface area contributed by atoms with Gasteiger partial charge in [-0.15, -0.1) is 0 Å². The van der Waals surface area contributed by atoms with Gasteiger partial charge in [-0.2, -0.15) is 0 Å². The zero-order valence-electron chi connectivity index (χ0n) is 17.6. The van der Waals surface area contributed by atoms with Gasteiger partial charge in [0, 0.05) is 12.8 Å². The quantitative estimate of drug-likeness (QED) is 0.259. The first-order valence-corrected chi connectivity index (χ1v) is 10.4. The van der Waals surface area contributed by atoms with E-state index in [1.165, 1.54) is 48.5 Å². The normalized spacial score (nSPS) is 10.4. The van der Waals surface area contributed by atoms with Crippen LogP contribution in [0.15, 0.2) is 48.5 Å². The van der Waals surface area contributed by atoms with Crippen LogP contribution >= 0.6 is 0 Å². The summed E-state index contributed by atoms with van der Waals surface area (Å²) in [7, 11) is 0. The fourth-order valence-electron chi connectivity index (χ4n) is 2.94. The maximum absolute atomic E-state index is 11.8. The molecule has 170 valence electrons. The molecule has 8 heteroatoms. The first-order chi connectivity index (χ1) is 15.3. The highest BCUT2D eigenvalue weighted by Crippen LogP contribution is 2.16. The topological polar surface area (TPSA) is 127 Å². The van der Waals surface area contributed by atoms with Gasteiger partial charge in [0.25, 0.3) is 0 Å². The fourth-order valence-corrected chi connectivity index (χ4v) is 2.94. The van der Waals surface area contributed by atoms with Crippen LogP contribution in [0.5, 0.6) is 11.5 Å². The zero-order chi connectivity index (χ0) is 23.3. The zero-order valence-corrected chi connectivity index (χ0v) is 17.6. The molecule has 0 bridgehead atoms. The minimum atomic E-state index is -1.04. The van der Waals surface area contributed by atoms with E-state index in [0.717, 1.165) is 25.7 Å². The number of benzene rings is 2. The van der Waals surface area contributed by atoms with E-state index in [0.29, 0.717) is 24.3 Å². The molecule has 8 nitrogen and oxygen atoms in total. The Hall–Kier alpha value is -3.68. The molecule has 0 amide bonds. The molecule has 0 aromatic heterocycles. The number of ether oxygens (including phenoxy) is 2. The molecule has 0 unspecified atom stereocenters. The molecule has 0 radical (unpaired) electrons. The highest BCUT2D eigenvalue weighted by atomic mass is 16.5. The summed E-state index contributed by atoms with van der Waals surface area (Å²) in [6.07, 6.45) is 5.57. The lowest BCUT2D eigenvalue weighted by molar-refractivity contribution is -0.135. The van der Waals surface area contributed by atoms with Crippen molar-refractivity contribution in [3.05, 3.63) is 59.7 Å². The minimum absolute atomic E-state index is 0.132. The molecule has 2 aromatic rings. The smallest absolute Gasteiger partial charge is 0.335 e. The van der Waals surface area contributed by atoms with E-state index in [1.54, 1.807) is 0 Å². The summed E-state index contributed by atoms with van der Waals surface area (Å²) >= 11 is 0. The van der Waals surface area contributed by atoms with Gasteiger partial charge in [-0.3, -0.25) is 9.59 Å². The van der Waals surface area contributed by atoms with Gasteiger partial charge >= 0.3 is 23.9 Å². The van der Waals surface area contributed by atoms with E-state index >= 15 is 0 Å². The molecular formula is C24H26O8. The second kappa shape index (κ2) is 12.9. The van der Waals surface area contributed by atoms with Crippen molar-refractivity contribution in [2.24, 2.45) is 0 Å². The number of carboxylic acids is 2. The van der Waals surface area contributed by atoms with Crippen molar-refractivity contribution < 1.29 is 38.9 Å². The van der Waals surface area contributed by atoms with Crippen molar-refractivity contribution in [1.29, 1.82) is 0 Å². The van der Waals surface area contributed by atoms with E-state index in [-0.39, 0.29) is 35.9 Å². The van der Waals surface area contributed by atoms with Crippen LogP contribution in [-0.2, 0) is 9.59 Å².